The fourth-order valence-electron chi connectivity index (χ4n) is 4.82. The highest BCUT2D eigenvalue weighted by Gasteiger charge is 2.31. The molecule has 0 aliphatic carbocycles. The highest BCUT2D eigenvalue weighted by Crippen LogP contribution is 2.38. The number of benzene rings is 3. The van der Waals surface area contributed by atoms with Crippen molar-refractivity contribution < 1.29 is 17.6 Å². The summed E-state index contributed by atoms with van der Waals surface area (Å²) in [4.78, 5) is 14.9. The Labute approximate surface area is 231 Å². The summed E-state index contributed by atoms with van der Waals surface area (Å²) >= 11 is 0. The zero-order valence-corrected chi connectivity index (χ0v) is 24.3. The van der Waals surface area contributed by atoms with Gasteiger partial charge in [0.2, 0.25) is 0 Å². The first-order valence-corrected chi connectivity index (χ1v) is 14.6. The number of para-hydroxylation sites is 1. The molecule has 7 heteroatoms. The van der Waals surface area contributed by atoms with Crippen LogP contribution in [-0.4, -0.2) is 27.1 Å². The first kappa shape index (κ1) is 28.4. The number of likely N-dealkylation sites (N-methyl/N-ethyl adjacent to an activating group) is 1. The maximum atomic E-state index is 14.2. The number of allylic oxidation sites excluding steroid dienone is 1. The zero-order chi connectivity index (χ0) is 28.6. The fraction of sp³-hybridized carbons (Fsp3) is 0.312. The molecule has 4 rings (SSSR count). The van der Waals surface area contributed by atoms with Gasteiger partial charge in [-0.05, 0) is 70.9 Å². The number of anilines is 1. The van der Waals surface area contributed by atoms with Gasteiger partial charge < -0.3 is 4.90 Å². The lowest BCUT2D eigenvalue weighted by molar-refractivity contribution is -0.112. The molecule has 1 heterocycles. The molecule has 0 saturated heterocycles. The molecular formula is C32H35FN2O3S. The summed E-state index contributed by atoms with van der Waals surface area (Å²) in [6.45, 7) is 12.1. The number of hydrogen-bond donors (Lipinski definition) is 0. The minimum absolute atomic E-state index is 0.0641. The van der Waals surface area contributed by atoms with Crippen LogP contribution in [0.2, 0.25) is 0 Å². The Kier molecular flexibility index (Phi) is 7.94. The summed E-state index contributed by atoms with van der Waals surface area (Å²) in [5.41, 5.74) is 4.69. The van der Waals surface area contributed by atoms with Crippen LogP contribution in [0.25, 0.3) is 5.57 Å². The third-order valence-electron chi connectivity index (χ3n) is 7.07. The van der Waals surface area contributed by atoms with Gasteiger partial charge in [-0.2, -0.15) is 12.8 Å². The van der Waals surface area contributed by atoms with Crippen LogP contribution in [-0.2, 0) is 14.8 Å². The first-order chi connectivity index (χ1) is 18.3. The molecule has 39 heavy (non-hydrogen) atoms. The molecule has 204 valence electrons. The summed E-state index contributed by atoms with van der Waals surface area (Å²) in [6, 6.07) is 16.7. The number of hydrogen-bond acceptors (Lipinski definition) is 3. The molecule has 0 atom stereocenters. The van der Waals surface area contributed by atoms with Gasteiger partial charge >= 0.3 is 0 Å². The molecule has 0 spiro atoms. The van der Waals surface area contributed by atoms with Gasteiger partial charge in [-0.3, -0.25) is 4.79 Å². The van der Waals surface area contributed by atoms with Crippen LogP contribution in [0.4, 0.5) is 10.1 Å². The summed E-state index contributed by atoms with van der Waals surface area (Å²) in [5.74, 6) is -0.624. The van der Waals surface area contributed by atoms with Crippen molar-refractivity contribution in [1.82, 2.24) is 0 Å². The van der Waals surface area contributed by atoms with Gasteiger partial charge in [-0.15, -0.1) is 0 Å². The molecule has 1 aliphatic heterocycles. The van der Waals surface area contributed by atoms with E-state index in [1.807, 2.05) is 64.1 Å². The van der Waals surface area contributed by atoms with E-state index in [-0.39, 0.29) is 34.3 Å². The molecule has 3 aromatic rings. The number of carbonyl (C=O) groups is 1. The molecule has 0 unspecified atom stereocenters. The molecular weight excluding hydrogens is 511 g/mol. The van der Waals surface area contributed by atoms with Crippen LogP contribution >= 0.6 is 0 Å². The lowest BCUT2D eigenvalue weighted by Gasteiger charge is -2.21. The summed E-state index contributed by atoms with van der Waals surface area (Å²) in [6.07, 6.45) is 1.50. The number of amides is 1. The molecule has 0 radical (unpaired) electrons. The highest BCUT2D eigenvalue weighted by molar-refractivity contribution is 7.90. The van der Waals surface area contributed by atoms with E-state index in [1.54, 1.807) is 7.05 Å². The Morgan fingerprint density at radius 1 is 0.872 bits per heavy atom. The van der Waals surface area contributed by atoms with Gasteiger partial charge in [-0.1, -0.05) is 71.9 Å². The van der Waals surface area contributed by atoms with Crippen LogP contribution in [0, 0.1) is 5.82 Å². The molecule has 0 fully saturated rings. The van der Waals surface area contributed by atoms with E-state index in [9.17, 15) is 17.6 Å². The Bertz CT molecular complexity index is 1550. The van der Waals surface area contributed by atoms with Crippen molar-refractivity contribution >= 4 is 32.9 Å². The van der Waals surface area contributed by atoms with Crippen molar-refractivity contribution in [2.75, 3.05) is 11.9 Å². The SMILES string of the molecule is CC(C)c1cc(C(C)C)c(S(=O)(=O)/N=C(/C=C2\C(=O)N(C)c3ccccc32)c2ccc(F)cc2)c(C(C)C)c1. The number of carbonyl (C=O) groups excluding carboxylic acids is 1. The number of rotatable bonds is 7. The monoisotopic (exact) mass is 546 g/mol. The quantitative estimate of drug-likeness (QED) is 0.229. The number of sulfonamides is 1. The minimum atomic E-state index is -4.24. The second-order valence-electron chi connectivity index (χ2n) is 10.9. The molecule has 1 amide bonds. The standard InChI is InChI=1S/C32H35FN2O3S/c1-19(2)23-16-26(20(3)4)31(27(17-23)21(5)6)39(37,38)34-29(22-12-14-24(33)15-13-22)18-28-25-10-8-9-11-30(25)35(7)32(28)36/h8-21H,1-7H3/b28-18-,34-29-. The average molecular weight is 547 g/mol. The summed E-state index contributed by atoms with van der Waals surface area (Å²) in [7, 11) is -2.56. The number of halogens is 1. The van der Waals surface area contributed by atoms with Gasteiger partial charge in [0, 0.05) is 18.2 Å². The van der Waals surface area contributed by atoms with Gasteiger partial charge in [0.15, 0.2) is 0 Å². The van der Waals surface area contributed by atoms with E-state index in [2.05, 4.69) is 18.2 Å². The zero-order valence-electron chi connectivity index (χ0n) is 23.5. The Balaban J connectivity index is 2.01. The molecule has 0 aromatic heterocycles. The van der Waals surface area contributed by atoms with Crippen molar-refractivity contribution in [3.8, 4) is 0 Å². The fourth-order valence-corrected chi connectivity index (χ4v) is 6.51. The van der Waals surface area contributed by atoms with Gasteiger partial charge in [0.25, 0.3) is 15.9 Å². The number of nitrogens with zero attached hydrogens (tertiary/aromatic N) is 2. The van der Waals surface area contributed by atoms with E-state index in [4.69, 9.17) is 0 Å². The van der Waals surface area contributed by atoms with Crippen LogP contribution in [0.3, 0.4) is 0 Å². The number of fused-ring (bicyclic) bond motifs is 1. The van der Waals surface area contributed by atoms with Crippen LogP contribution in [0.15, 0.2) is 76.0 Å². The third kappa shape index (κ3) is 5.59. The summed E-state index contributed by atoms with van der Waals surface area (Å²) in [5, 5.41) is 0. The third-order valence-corrected chi connectivity index (χ3v) is 8.49. The molecule has 0 bridgehead atoms. The Morgan fingerprint density at radius 2 is 1.44 bits per heavy atom. The second-order valence-corrected chi connectivity index (χ2v) is 12.4. The molecule has 1 aliphatic rings. The normalized spacial score (nSPS) is 15.3. The van der Waals surface area contributed by atoms with Gasteiger partial charge in [-0.25, -0.2) is 4.39 Å². The van der Waals surface area contributed by atoms with Crippen molar-refractivity contribution in [3.05, 3.63) is 100 Å². The van der Waals surface area contributed by atoms with E-state index in [1.165, 1.54) is 35.2 Å². The topological polar surface area (TPSA) is 66.8 Å². The van der Waals surface area contributed by atoms with E-state index in [0.29, 0.717) is 27.8 Å². The molecule has 5 nitrogen and oxygen atoms in total. The lowest BCUT2D eigenvalue weighted by atomic mass is 9.89. The lowest BCUT2D eigenvalue weighted by Crippen LogP contribution is -2.20. The summed E-state index contributed by atoms with van der Waals surface area (Å²) < 4.78 is 46.6. The Hall–Kier alpha value is -3.58. The van der Waals surface area contributed by atoms with E-state index in [0.717, 1.165) is 11.3 Å². The first-order valence-electron chi connectivity index (χ1n) is 13.2. The molecule has 0 N–H and O–H groups in total. The van der Waals surface area contributed by atoms with E-state index < -0.39 is 15.8 Å². The van der Waals surface area contributed by atoms with Crippen LogP contribution < -0.4 is 4.90 Å². The van der Waals surface area contributed by atoms with Crippen molar-refractivity contribution in [2.45, 2.75) is 64.2 Å². The highest BCUT2D eigenvalue weighted by atomic mass is 32.2. The van der Waals surface area contributed by atoms with Crippen LogP contribution in [0.5, 0.6) is 0 Å². The smallest absolute Gasteiger partial charge is 0.283 e. The van der Waals surface area contributed by atoms with Gasteiger partial charge in [0.1, 0.15) is 5.82 Å². The van der Waals surface area contributed by atoms with Crippen molar-refractivity contribution in [3.63, 3.8) is 0 Å². The molecule has 0 saturated carbocycles. The molecule has 3 aromatic carbocycles. The van der Waals surface area contributed by atoms with E-state index >= 15 is 0 Å². The van der Waals surface area contributed by atoms with Crippen molar-refractivity contribution in [2.24, 2.45) is 4.40 Å². The minimum Gasteiger partial charge on any atom is -0.311 e. The largest absolute Gasteiger partial charge is 0.311 e. The predicted molar refractivity (Wildman–Crippen MR) is 157 cm³/mol. The maximum Gasteiger partial charge on any atom is 0.283 e. The Morgan fingerprint density at radius 3 is 1.97 bits per heavy atom. The van der Waals surface area contributed by atoms with Gasteiger partial charge in [0.05, 0.1) is 21.9 Å². The van der Waals surface area contributed by atoms with Crippen molar-refractivity contribution in [1.29, 1.82) is 0 Å². The second kappa shape index (κ2) is 10.9. The van der Waals surface area contributed by atoms with Crippen LogP contribution in [0.1, 0.15) is 87.1 Å². The maximum absolute atomic E-state index is 14.2. The average Bonchev–Trinajstić information content (AvgIpc) is 3.12. The predicted octanol–water partition coefficient (Wildman–Crippen LogP) is 7.43.